The first kappa shape index (κ1) is 16.1. The largest absolute Gasteiger partial charge is 0.486 e. The fraction of sp³-hybridized carbons (Fsp3) is 0.571. The second-order valence-corrected chi connectivity index (χ2v) is 7.47. The summed E-state index contributed by atoms with van der Waals surface area (Å²) in [7, 11) is -2.93. The van der Waals surface area contributed by atoms with E-state index in [4.69, 9.17) is 15.3 Å². The highest BCUT2D eigenvalue weighted by molar-refractivity contribution is 7.91. The summed E-state index contributed by atoms with van der Waals surface area (Å²) in [5, 5.41) is 0. The highest BCUT2D eigenvalue weighted by Crippen LogP contribution is 2.33. The Kier molecular flexibility index (Phi) is 5.44. The van der Waals surface area contributed by atoms with Gasteiger partial charge in [0.25, 0.3) is 0 Å². The summed E-state index contributed by atoms with van der Waals surface area (Å²) in [5.41, 5.74) is 3.71. The van der Waals surface area contributed by atoms with Crippen LogP contribution in [0.4, 0.5) is 0 Å². The van der Waals surface area contributed by atoms with Crippen LogP contribution in [0.25, 0.3) is 0 Å². The Labute approximate surface area is 125 Å². The number of hydrogen-bond acceptors (Lipinski definition) is 6. The molecular weight excluding hydrogens is 292 g/mol. The molecule has 1 atom stereocenters. The summed E-state index contributed by atoms with van der Waals surface area (Å²) in [5.74, 6) is 7.40. The number of hydrazine groups is 1. The zero-order valence-corrected chi connectivity index (χ0v) is 13.0. The molecule has 0 amide bonds. The smallest absolute Gasteiger partial charge is 0.161 e. The van der Waals surface area contributed by atoms with Gasteiger partial charge in [-0.25, -0.2) is 8.42 Å². The summed E-state index contributed by atoms with van der Waals surface area (Å²) in [4.78, 5) is 0. The molecule has 0 saturated carbocycles. The van der Waals surface area contributed by atoms with Crippen LogP contribution in [-0.4, -0.2) is 33.1 Å². The van der Waals surface area contributed by atoms with Crippen molar-refractivity contribution in [1.29, 1.82) is 0 Å². The van der Waals surface area contributed by atoms with E-state index in [2.05, 4.69) is 5.43 Å². The third kappa shape index (κ3) is 4.33. The summed E-state index contributed by atoms with van der Waals surface area (Å²) in [6.45, 7) is 2.75. The van der Waals surface area contributed by atoms with E-state index >= 15 is 0 Å². The van der Waals surface area contributed by atoms with E-state index in [-0.39, 0.29) is 17.5 Å². The number of nitrogens with one attached hydrogen (secondary N) is 1. The van der Waals surface area contributed by atoms with Gasteiger partial charge in [0.1, 0.15) is 23.1 Å². The summed E-state index contributed by atoms with van der Waals surface area (Å²) in [6.07, 6.45) is 1.22. The van der Waals surface area contributed by atoms with E-state index in [1.807, 2.05) is 18.2 Å². The minimum atomic E-state index is -2.93. The Hall–Kier alpha value is -1.31. The Morgan fingerprint density at radius 2 is 2.00 bits per heavy atom. The van der Waals surface area contributed by atoms with Crippen LogP contribution in [0, 0.1) is 0 Å². The highest BCUT2D eigenvalue weighted by atomic mass is 32.2. The van der Waals surface area contributed by atoms with E-state index in [1.165, 1.54) is 0 Å². The van der Waals surface area contributed by atoms with E-state index < -0.39 is 9.84 Å². The second-order valence-electron chi connectivity index (χ2n) is 5.00. The SMILES string of the molecule is CCS(=O)(=O)CCCC(NN)c1ccc2c(c1)OCCO2. The van der Waals surface area contributed by atoms with Crippen LogP contribution in [0.1, 0.15) is 31.4 Å². The van der Waals surface area contributed by atoms with Crippen LogP contribution in [0.3, 0.4) is 0 Å². The third-order valence-electron chi connectivity index (χ3n) is 3.56. The van der Waals surface area contributed by atoms with Gasteiger partial charge in [-0.3, -0.25) is 11.3 Å². The average molecular weight is 314 g/mol. The Morgan fingerprint density at radius 3 is 2.67 bits per heavy atom. The van der Waals surface area contributed by atoms with E-state index in [0.717, 1.165) is 11.3 Å². The Balaban J connectivity index is 2.00. The number of nitrogens with two attached hydrogens (primary N) is 1. The molecule has 0 fully saturated rings. The van der Waals surface area contributed by atoms with Gasteiger partial charge in [0.2, 0.25) is 0 Å². The number of ether oxygens (including phenoxy) is 2. The lowest BCUT2D eigenvalue weighted by Gasteiger charge is -2.22. The van der Waals surface area contributed by atoms with Crippen molar-refractivity contribution >= 4 is 9.84 Å². The van der Waals surface area contributed by atoms with Gasteiger partial charge in [0, 0.05) is 11.8 Å². The average Bonchev–Trinajstić information content (AvgIpc) is 2.51. The number of hydrogen-bond donors (Lipinski definition) is 2. The first-order chi connectivity index (χ1) is 10.1. The molecule has 3 N–H and O–H groups in total. The van der Waals surface area contributed by atoms with Crippen LogP contribution in [0.15, 0.2) is 18.2 Å². The van der Waals surface area contributed by atoms with Crippen LogP contribution in [0.2, 0.25) is 0 Å². The summed E-state index contributed by atoms with van der Waals surface area (Å²) in [6, 6.07) is 5.57. The lowest BCUT2D eigenvalue weighted by atomic mass is 10.0. The molecule has 0 spiro atoms. The van der Waals surface area contributed by atoms with Crippen LogP contribution >= 0.6 is 0 Å². The van der Waals surface area contributed by atoms with Crippen molar-refractivity contribution in [1.82, 2.24) is 5.43 Å². The normalized spacial score (nSPS) is 15.7. The van der Waals surface area contributed by atoms with Crippen molar-refractivity contribution in [3.05, 3.63) is 23.8 Å². The van der Waals surface area contributed by atoms with E-state index in [9.17, 15) is 8.42 Å². The minimum absolute atomic E-state index is 0.104. The molecule has 0 saturated heterocycles. The van der Waals surface area contributed by atoms with Gasteiger partial charge in [-0.1, -0.05) is 13.0 Å². The first-order valence-corrected chi connectivity index (χ1v) is 8.94. The summed E-state index contributed by atoms with van der Waals surface area (Å²) >= 11 is 0. The Bertz CT molecular complexity index is 574. The lowest BCUT2D eigenvalue weighted by Crippen LogP contribution is -2.28. The molecule has 6 nitrogen and oxygen atoms in total. The van der Waals surface area contributed by atoms with E-state index in [0.29, 0.717) is 31.8 Å². The van der Waals surface area contributed by atoms with Gasteiger partial charge in [-0.05, 0) is 30.5 Å². The quantitative estimate of drug-likeness (QED) is 0.580. The number of rotatable bonds is 7. The van der Waals surface area contributed by atoms with Crippen LogP contribution in [-0.2, 0) is 9.84 Å². The van der Waals surface area contributed by atoms with Crippen LogP contribution in [0.5, 0.6) is 11.5 Å². The Morgan fingerprint density at radius 1 is 1.29 bits per heavy atom. The standard InChI is InChI=1S/C14H22N2O4S/c1-2-21(17,18)9-3-4-12(16-15)11-5-6-13-14(10-11)20-8-7-19-13/h5-6,10,12,16H,2-4,7-9,15H2,1H3. The van der Waals surface area contributed by atoms with Gasteiger partial charge in [-0.15, -0.1) is 0 Å². The van der Waals surface area contributed by atoms with Crippen molar-refractivity contribution in [2.75, 3.05) is 24.7 Å². The van der Waals surface area contributed by atoms with Crippen molar-refractivity contribution in [2.45, 2.75) is 25.8 Å². The maximum Gasteiger partial charge on any atom is 0.161 e. The van der Waals surface area contributed by atoms with Gasteiger partial charge < -0.3 is 9.47 Å². The van der Waals surface area contributed by atoms with Gasteiger partial charge in [-0.2, -0.15) is 0 Å². The number of sulfone groups is 1. The molecule has 0 aliphatic carbocycles. The topological polar surface area (TPSA) is 90.7 Å². The van der Waals surface area contributed by atoms with Crippen molar-refractivity contribution in [3.8, 4) is 11.5 Å². The van der Waals surface area contributed by atoms with Crippen LogP contribution < -0.4 is 20.7 Å². The molecule has 7 heteroatoms. The molecule has 21 heavy (non-hydrogen) atoms. The van der Waals surface area contributed by atoms with Crippen molar-refractivity contribution in [3.63, 3.8) is 0 Å². The molecule has 118 valence electrons. The van der Waals surface area contributed by atoms with Crippen molar-refractivity contribution in [2.24, 2.45) is 5.84 Å². The zero-order chi connectivity index (χ0) is 15.3. The molecule has 1 aromatic carbocycles. The van der Waals surface area contributed by atoms with E-state index in [1.54, 1.807) is 6.92 Å². The predicted octanol–water partition coefficient (Wildman–Crippen LogP) is 1.18. The third-order valence-corrected chi connectivity index (χ3v) is 5.35. The fourth-order valence-electron chi connectivity index (χ4n) is 2.27. The lowest BCUT2D eigenvalue weighted by molar-refractivity contribution is 0.171. The molecule has 0 aromatic heterocycles. The zero-order valence-electron chi connectivity index (χ0n) is 12.2. The number of fused-ring (bicyclic) bond motifs is 1. The monoisotopic (exact) mass is 314 g/mol. The molecule has 0 radical (unpaired) electrons. The first-order valence-electron chi connectivity index (χ1n) is 7.12. The van der Waals surface area contributed by atoms with Gasteiger partial charge in [0.15, 0.2) is 11.5 Å². The van der Waals surface area contributed by atoms with Crippen molar-refractivity contribution < 1.29 is 17.9 Å². The molecule has 1 aromatic rings. The summed E-state index contributed by atoms with van der Waals surface area (Å²) < 4.78 is 34.0. The molecule has 2 rings (SSSR count). The predicted molar refractivity (Wildman–Crippen MR) is 81.1 cm³/mol. The number of benzene rings is 1. The molecule has 1 aliphatic rings. The highest BCUT2D eigenvalue weighted by Gasteiger charge is 2.17. The maximum atomic E-state index is 11.5. The van der Waals surface area contributed by atoms with Gasteiger partial charge in [0.05, 0.1) is 5.75 Å². The fourth-order valence-corrected chi connectivity index (χ4v) is 3.17. The molecule has 1 heterocycles. The molecule has 0 bridgehead atoms. The molecule has 1 unspecified atom stereocenters. The molecule has 1 aliphatic heterocycles. The molecular formula is C14H22N2O4S. The maximum absolute atomic E-state index is 11.5. The minimum Gasteiger partial charge on any atom is -0.486 e. The second kappa shape index (κ2) is 7.11. The van der Waals surface area contributed by atoms with Gasteiger partial charge >= 0.3 is 0 Å².